The maximum atomic E-state index is 2.38. The summed E-state index contributed by atoms with van der Waals surface area (Å²) in [5.74, 6) is 0. The van der Waals surface area contributed by atoms with Gasteiger partial charge in [-0.15, -0.1) is 0 Å². The molecule has 4 rings (SSSR count). The number of hydrogen-bond donors (Lipinski definition) is 0. The average molecular weight is 208 g/mol. The molecule has 2 heteroatoms. The summed E-state index contributed by atoms with van der Waals surface area (Å²) in [6, 6.07) is 8.67. The molecule has 3 aliphatic rings. The number of hydrogen-bond acceptors (Lipinski definition) is 2. The zero-order chi connectivity index (χ0) is 10.5. The van der Waals surface area contributed by atoms with E-state index in [4.69, 9.17) is 0 Å². The summed E-state index contributed by atoms with van der Waals surface area (Å²) >= 11 is 0. The van der Waals surface area contributed by atoms with Gasteiger partial charge in [0, 0.05) is 24.5 Å². The molecule has 0 radical (unpaired) electrons. The number of nitrogens with zero attached hydrogens (tertiary/aromatic N) is 2. The number of para-hydroxylation sites is 1. The van der Waals surface area contributed by atoms with Crippen molar-refractivity contribution in [1.29, 1.82) is 0 Å². The van der Waals surface area contributed by atoms with Gasteiger partial charge in [-0.1, -0.05) is 24.3 Å². The van der Waals surface area contributed by atoms with Crippen LogP contribution in [0.4, 0.5) is 5.69 Å². The second-order valence-corrected chi connectivity index (χ2v) is 4.38. The second kappa shape index (κ2) is 2.79. The molecule has 0 saturated heterocycles. The summed E-state index contributed by atoms with van der Waals surface area (Å²) in [5.41, 5.74) is 4.10. The number of anilines is 1. The van der Waals surface area contributed by atoms with Gasteiger partial charge in [0.15, 0.2) is 0 Å². The van der Waals surface area contributed by atoms with Crippen LogP contribution in [0.1, 0.15) is 5.56 Å². The van der Waals surface area contributed by atoms with Crippen molar-refractivity contribution in [3.05, 3.63) is 66.2 Å². The van der Waals surface area contributed by atoms with E-state index in [0.29, 0.717) is 6.17 Å². The summed E-state index contributed by atoms with van der Waals surface area (Å²) in [4.78, 5) is 4.73. The lowest BCUT2D eigenvalue weighted by Crippen LogP contribution is -2.34. The van der Waals surface area contributed by atoms with Crippen molar-refractivity contribution in [3.63, 3.8) is 0 Å². The minimum absolute atomic E-state index is 0.452. The molecule has 1 unspecified atom stereocenters. The number of fused-ring (bicyclic) bond motifs is 5. The Labute approximate surface area is 94.8 Å². The molecule has 3 aliphatic heterocycles. The normalized spacial score (nSPS) is 24.2. The Morgan fingerprint density at radius 3 is 3.00 bits per heavy atom. The molecule has 0 bridgehead atoms. The van der Waals surface area contributed by atoms with E-state index in [0.717, 1.165) is 6.42 Å². The smallest absolute Gasteiger partial charge is 0.114 e. The molecule has 0 N–H and O–H groups in total. The van der Waals surface area contributed by atoms with Gasteiger partial charge in [0.2, 0.25) is 0 Å². The highest BCUT2D eigenvalue weighted by atomic mass is 15.4. The second-order valence-electron chi connectivity index (χ2n) is 4.38. The van der Waals surface area contributed by atoms with Crippen molar-refractivity contribution < 1.29 is 0 Å². The predicted molar refractivity (Wildman–Crippen MR) is 64.6 cm³/mol. The maximum absolute atomic E-state index is 2.38. The minimum atomic E-state index is 0.452. The van der Waals surface area contributed by atoms with Crippen LogP contribution in [-0.4, -0.2) is 11.1 Å². The van der Waals surface area contributed by atoms with Gasteiger partial charge in [0.25, 0.3) is 0 Å². The number of rotatable bonds is 0. The van der Waals surface area contributed by atoms with Crippen LogP contribution in [0.2, 0.25) is 0 Å². The third-order valence-corrected chi connectivity index (χ3v) is 3.51. The summed E-state index contributed by atoms with van der Waals surface area (Å²) < 4.78 is 0. The predicted octanol–water partition coefficient (Wildman–Crippen LogP) is 2.62. The van der Waals surface area contributed by atoms with Crippen molar-refractivity contribution in [2.45, 2.75) is 12.6 Å². The van der Waals surface area contributed by atoms with Gasteiger partial charge in [-0.2, -0.15) is 0 Å². The van der Waals surface area contributed by atoms with E-state index in [1.807, 2.05) is 0 Å². The van der Waals surface area contributed by atoms with Crippen LogP contribution < -0.4 is 4.90 Å². The molecular formula is C14H12N2. The third kappa shape index (κ3) is 0.915. The molecule has 3 heterocycles. The van der Waals surface area contributed by atoms with E-state index in [1.165, 1.54) is 16.9 Å². The van der Waals surface area contributed by atoms with Crippen LogP contribution >= 0.6 is 0 Å². The van der Waals surface area contributed by atoms with Crippen molar-refractivity contribution >= 4 is 5.69 Å². The van der Waals surface area contributed by atoms with Gasteiger partial charge < -0.3 is 9.80 Å². The first-order valence-electron chi connectivity index (χ1n) is 5.65. The lowest BCUT2D eigenvalue weighted by molar-refractivity contribution is 0.388. The standard InChI is InChI=1S/C14H12N2/c1-2-7-13-11(5-1)9-14-15-8-4-3-6-12(15)10-16(13)14/h1-8,10,14H,9H2. The van der Waals surface area contributed by atoms with Crippen LogP contribution in [-0.2, 0) is 6.42 Å². The van der Waals surface area contributed by atoms with Crippen molar-refractivity contribution in [3.8, 4) is 0 Å². The lowest BCUT2D eigenvalue weighted by atomic mass is 10.1. The molecule has 0 spiro atoms. The Kier molecular flexibility index (Phi) is 1.43. The summed E-state index contributed by atoms with van der Waals surface area (Å²) in [6.07, 6.45) is 12.3. The Balaban J connectivity index is 1.85. The summed E-state index contributed by atoms with van der Waals surface area (Å²) in [6.45, 7) is 0. The summed E-state index contributed by atoms with van der Waals surface area (Å²) in [5, 5.41) is 0. The van der Waals surface area contributed by atoms with Gasteiger partial charge in [-0.25, -0.2) is 0 Å². The Morgan fingerprint density at radius 2 is 2.00 bits per heavy atom. The van der Waals surface area contributed by atoms with Crippen LogP contribution in [0.5, 0.6) is 0 Å². The largest absolute Gasteiger partial charge is 0.325 e. The molecule has 1 atom stereocenters. The van der Waals surface area contributed by atoms with E-state index < -0.39 is 0 Å². The molecule has 1 aromatic carbocycles. The van der Waals surface area contributed by atoms with Gasteiger partial charge in [-0.3, -0.25) is 0 Å². The first-order chi connectivity index (χ1) is 7.93. The first-order valence-corrected chi connectivity index (χ1v) is 5.65. The van der Waals surface area contributed by atoms with E-state index in [9.17, 15) is 0 Å². The van der Waals surface area contributed by atoms with E-state index >= 15 is 0 Å². The van der Waals surface area contributed by atoms with Crippen LogP contribution in [0.15, 0.2) is 60.6 Å². The number of benzene rings is 1. The molecule has 0 aliphatic carbocycles. The SMILES string of the molecule is C1=CC2=CN3c4ccccc4CC3N2C=C1. The fourth-order valence-corrected chi connectivity index (χ4v) is 2.77. The van der Waals surface area contributed by atoms with Gasteiger partial charge in [0.05, 0.1) is 5.70 Å². The lowest BCUT2D eigenvalue weighted by Gasteiger charge is -2.26. The van der Waals surface area contributed by atoms with E-state index in [1.54, 1.807) is 0 Å². The monoisotopic (exact) mass is 208 g/mol. The molecule has 0 aromatic heterocycles. The van der Waals surface area contributed by atoms with E-state index in [-0.39, 0.29) is 0 Å². The van der Waals surface area contributed by atoms with E-state index in [2.05, 4.69) is 64.7 Å². The first kappa shape index (κ1) is 8.22. The molecule has 0 amide bonds. The fourth-order valence-electron chi connectivity index (χ4n) is 2.77. The Hall–Kier alpha value is -1.96. The third-order valence-electron chi connectivity index (χ3n) is 3.51. The molecule has 0 saturated carbocycles. The Bertz CT molecular complexity index is 539. The van der Waals surface area contributed by atoms with Crippen LogP contribution in [0.25, 0.3) is 0 Å². The molecule has 78 valence electrons. The molecule has 1 aromatic rings. The molecule has 0 fully saturated rings. The quantitative estimate of drug-likeness (QED) is 0.646. The topological polar surface area (TPSA) is 6.48 Å². The van der Waals surface area contributed by atoms with Crippen LogP contribution in [0.3, 0.4) is 0 Å². The Morgan fingerprint density at radius 1 is 1.06 bits per heavy atom. The number of allylic oxidation sites excluding steroid dienone is 3. The van der Waals surface area contributed by atoms with Crippen molar-refractivity contribution in [2.24, 2.45) is 0 Å². The maximum Gasteiger partial charge on any atom is 0.114 e. The molecule has 2 nitrogen and oxygen atoms in total. The van der Waals surface area contributed by atoms with Crippen LogP contribution in [0, 0.1) is 0 Å². The highest BCUT2D eigenvalue weighted by molar-refractivity contribution is 5.64. The zero-order valence-corrected chi connectivity index (χ0v) is 8.88. The highest BCUT2D eigenvalue weighted by Gasteiger charge is 2.37. The highest BCUT2D eigenvalue weighted by Crippen LogP contribution is 2.40. The molecule has 16 heavy (non-hydrogen) atoms. The van der Waals surface area contributed by atoms with Gasteiger partial charge in [0.1, 0.15) is 6.17 Å². The minimum Gasteiger partial charge on any atom is -0.325 e. The molecular weight excluding hydrogens is 196 g/mol. The average Bonchev–Trinajstić information content (AvgIpc) is 2.85. The zero-order valence-electron chi connectivity index (χ0n) is 8.88. The van der Waals surface area contributed by atoms with Gasteiger partial charge >= 0.3 is 0 Å². The van der Waals surface area contributed by atoms with Crippen molar-refractivity contribution in [2.75, 3.05) is 4.90 Å². The van der Waals surface area contributed by atoms with Gasteiger partial charge in [-0.05, 0) is 23.8 Å². The summed E-state index contributed by atoms with van der Waals surface area (Å²) in [7, 11) is 0. The fraction of sp³-hybridized carbons (Fsp3) is 0.143. The van der Waals surface area contributed by atoms with Crippen molar-refractivity contribution in [1.82, 2.24) is 4.90 Å².